The van der Waals surface area contributed by atoms with Crippen molar-refractivity contribution in [1.82, 2.24) is 10.8 Å². The molecule has 0 aromatic heterocycles. The Hall–Kier alpha value is -0.610. The van der Waals surface area contributed by atoms with Gasteiger partial charge < -0.3 is 5.32 Å². The van der Waals surface area contributed by atoms with Gasteiger partial charge in [-0.25, -0.2) is 5.48 Å². The molecule has 0 bridgehead atoms. The molecule has 1 amide bonds. The lowest BCUT2D eigenvalue weighted by Crippen LogP contribution is -2.41. The Kier molecular flexibility index (Phi) is 17.3. The highest BCUT2D eigenvalue weighted by molar-refractivity contribution is 5.80. The molecule has 4 heteroatoms. The topological polar surface area (TPSA) is 61.4 Å². The number of hydroxylamine groups is 1. The molecule has 3 N–H and O–H groups in total. The van der Waals surface area contributed by atoms with Crippen molar-refractivity contribution in [2.24, 2.45) is 0 Å². The highest BCUT2D eigenvalue weighted by Crippen LogP contribution is 2.12. The van der Waals surface area contributed by atoms with Gasteiger partial charge in [-0.1, -0.05) is 90.4 Å². The standard InChI is InChI=1S/C19H40N2O2/c1-3-4-5-6-7-8-9-10-11-12-13-14-15-16-17-20-18(2)19(22)21-23/h18,20,23H,3-17H2,1-2H3,(H,21,22). The van der Waals surface area contributed by atoms with Gasteiger partial charge in [-0.3, -0.25) is 10.0 Å². The molecule has 0 aromatic carbocycles. The molecule has 0 fully saturated rings. The summed E-state index contributed by atoms with van der Waals surface area (Å²) in [6.45, 7) is 4.87. The third-order valence-electron chi connectivity index (χ3n) is 4.48. The molecule has 1 atom stereocenters. The van der Waals surface area contributed by atoms with Crippen LogP contribution in [0.25, 0.3) is 0 Å². The molecule has 4 nitrogen and oxygen atoms in total. The van der Waals surface area contributed by atoms with E-state index in [1.54, 1.807) is 12.4 Å². The average Bonchev–Trinajstić information content (AvgIpc) is 2.57. The predicted octanol–water partition coefficient (Wildman–Crippen LogP) is 4.95. The van der Waals surface area contributed by atoms with Gasteiger partial charge in [0.2, 0.25) is 0 Å². The van der Waals surface area contributed by atoms with Crippen molar-refractivity contribution in [2.45, 2.75) is 110 Å². The second-order valence-electron chi connectivity index (χ2n) is 6.75. The third-order valence-corrected chi connectivity index (χ3v) is 4.48. The van der Waals surface area contributed by atoms with Crippen LogP contribution in [0.2, 0.25) is 0 Å². The summed E-state index contributed by atoms with van der Waals surface area (Å²) in [5.74, 6) is -0.365. The van der Waals surface area contributed by atoms with E-state index >= 15 is 0 Å². The summed E-state index contributed by atoms with van der Waals surface area (Å²) < 4.78 is 0. The fraction of sp³-hybridized carbons (Fsp3) is 0.947. The van der Waals surface area contributed by atoms with E-state index in [9.17, 15) is 4.79 Å². The first kappa shape index (κ1) is 22.4. The lowest BCUT2D eigenvalue weighted by Gasteiger charge is -2.11. The summed E-state index contributed by atoms with van der Waals surface area (Å²) in [4.78, 5) is 11.1. The van der Waals surface area contributed by atoms with Crippen LogP contribution in [0.3, 0.4) is 0 Å². The molecule has 0 aliphatic rings. The van der Waals surface area contributed by atoms with Crippen molar-refractivity contribution in [3.05, 3.63) is 0 Å². The number of rotatable bonds is 17. The molecule has 23 heavy (non-hydrogen) atoms. The first-order valence-electron chi connectivity index (χ1n) is 9.89. The van der Waals surface area contributed by atoms with E-state index in [1.165, 1.54) is 83.5 Å². The van der Waals surface area contributed by atoms with Crippen molar-refractivity contribution in [2.75, 3.05) is 6.54 Å². The minimum absolute atomic E-state index is 0.318. The smallest absolute Gasteiger partial charge is 0.260 e. The van der Waals surface area contributed by atoms with Crippen molar-refractivity contribution in [1.29, 1.82) is 0 Å². The number of unbranched alkanes of at least 4 members (excludes halogenated alkanes) is 13. The third kappa shape index (κ3) is 16.0. The monoisotopic (exact) mass is 328 g/mol. The quantitative estimate of drug-likeness (QED) is 0.201. The van der Waals surface area contributed by atoms with Gasteiger partial charge in [0, 0.05) is 0 Å². The van der Waals surface area contributed by atoms with Crippen molar-refractivity contribution in [3.8, 4) is 0 Å². The van der Waals surface area contributed by atoms with Gasteiger partial charge in [0.1, 0.15) is 0 Å². The first-order chi connectivity index (χ1) is 11.2. The second-order valence-corrected chi connectivity index (χ2v) is 6.75. The van der Waals surface area contributed by atoms with Crippen LogP contribution in [-0.2, 0) is 4.79 Å². The Balaban J connectivity index is 3.09. The Bertz CT molecular complexity index is 260. The number of hydrogen-bond acceptors (Lipinski definition) is 3. The molecule has 1 unspecified atom stereocenters. The molecule has 138 valence electrons. The first-order valence-corrected chi connectivity index (χ1v) is 9.89. The van der Waals surface area contributed by atoms with Crippen molar-refractivity contribution < 1.29 is 10.0 Å². The summed E-state index contributed by atoms with van der Waals surface area (Å²) in [5.41, 5.74) is 1.67. The molecule has 0 aliphatic carbocycles. The fourth-order valence-electron chi connectivity index (χ4n) is 2.83. The lowest BCUT2D eigenvalue weighted by molar-refractivity contribution is -0.130. The molecule has 0 saturated carbocycles. The lowest BCUT2D eigenvalue weighted by atomic mass is 10.0. The summed E-state index contributed by atoms with van der Waals surface area (Å²) in [6, 6.07) is -0.318. The predicted molar refractivity (Wildman–Crippen MR) is 97.7 cm³/mol. The van der Waals surface area contributed by atoms with E-state index < -0.39 is 0 Å². The average molecular weight is 329 g/mol. The number of amides is 1. The molecule has 0 spiro atoms. The van der Waals surface area contributed by atoms with Gasteiger partial charge in [-0.15, -0.1) is 0 Å². The summed E-state index contributed by atoms with van der Waals surface area (Å²) in [6.07, 6.45) is 19.0. The van der Waals surface area contributed by atoms with Crippen molar-refractivity contribution >= 4 is 5.91 Å². The van der Waals surface area contributed by atoms with Gasteiger partial charge in [-0.05, 0) is 19.9 Å². The van der Waals surface area contributed by atoms with E-state index in [0.29, 0.717) is 0 Å². The van der Waals surface area contributed by atoms with Crippen LogP contribution in [0.1, 0.15) is 104 Å². The summed E-state index contributed by atoms with van der Waals surface area (Å²) >= 11 is 0. The van der Waals surface area contributed by atoms with Gasteiger partial charge in [0.05, 0.1) is 6.04 Å². The minimum Gasteiger partial charge on any atom is -0.306 e. The van der Waals surface area contributed by atoms with Gasteiger partial charge >= 0.3 is 0 Å². The molecule has 0 radical (unpaired) electrons. The SMILES string of the molecule is CCCCCCCCCCCCCCCCNC(C)C(=O)NO. The van der Waals surface area contributed by atoms with Crippen LogP contribution in [0.5, 0.6) is 0 Å². The fourth-order valence-corrected chi connectivity index (χ4v) is 2.83. The van der Waals surface area contributed by atoms with E-state index in [0.717, 1.165) is 13.0 Å². The molecule has 0 aromatic rings. The zero-order chi connectivity index (χ0) is 17.2. The van der Waals surface area contributed by atoms with Crippen LogP contribution >= 0.6 is 0 Å². The Labute approximate surface area is 143 Å². The van der Waals surface area contributed by atoms with Crippen molar-refractivity contribution in [3.63, 3.8) is 0 Å². The molecular weight excluding hydrogens is 288 g/mol. The highest BCUT2D eigenvalue weighted by atomic mass is 16.5. The van der Waals surface area contributed by atoms with Gasteiger partial charge in [0.15, 0.2) is 0 Å². The van der Waals surface area contributed by atoms with E-state index in [2.05, 4.69) is 12.2 Å². The van der Waals surface area contributed by atoms with Gasteiger partial charge in [0.25, 0.3) is 5.91 Å². The number of carbonyl (C=O) groups excluding carboxylic acids is 1. The number of hydrogen-bond donors (Lipinski definition) is 3. The van der Waals surface area contributed by atoms with E-state index in [4.69, 9.17) is 5.21 Å². The van der Waals surface area contributed by atoms with Crippen LogP contribution < -0.4 is 10.8 Å². The van der Waals surface area contributed by atoms with Crippen LogP contribution in [0, 0.1) is 0 Å². The number of nitrogens with one attached hydrogen (secondary N) is 2. The van der Waals surface area contributed by atoms with Crippen LogP contribution in [0.15, 0.2) is 0 Å². The molecular formula is C19H40N2O2. The summed E-state index contributed by atoms with van der Waals surface area (Å²) in [5, 5.41) is 11.6. The van der Waals surface area contributed by atoms with Crippen LogP contribution in [0.4, 0.5) is 0 Å². The van der Waals surface area contributed by atoms with Gasteiger partial charge in [-0.2, -0.15) is 0 Å². The van der Waals surface area contributed by atoms with E-state index in [1.807, 2.05) is 0 Å². The summed E-state index contributed by atoms with van der Waals surface area (Å²) in [7, 11) is 0. The van der Waals surface area contributed by atoms with Crippen LogP contribution in [-0.4, -0.2) is 23.7 Å². The second kappa shape index (κ2) is 17.7. The Morgan fingerprint density at radius 3 is 1.57 bits per heavy atom. The highest BCUT2D eigenvalue weighted by Gasteiger charge is 2.09. The Morgan fingerprint density at radius 1 is 0.783 bits per heavy atom. The molecule has 0 heterocycles. The Morgan fingerprint density at radius 2 is 1.17 bits per heavy atom. The number of carbonyl (C=O) groups is 1. The molecule has 0 rings (SSSR count). The minimum atomic E-state index is -0.365. The molecule has 0 aliphatic heterocycles. The zero-order valence-corrected chi connectivity index (χ0v) is 15.5. The molecule has 0 saturated heterocycles. The largest absolute Gasteiger partial charge is 0.306 e. The zero-order valence-electron chi connectivity index (χ0n) is 15.5. The maximum absolute atomic E-state index is 11.1. The maximum atomic E-state index is 11.1. The maximum Gasteiger partial charge on any atom is 0.260 e. The normalized spacial score (nSPS) is 12.3. The van der Waals surface area contributed by atoms with E-state index in [-0.39, 0.29) is 11.9 Å².